The molecule has 0 saturated carbocycles. The maximum Gasteiger partial charge on any atom is 0.278 e. The number of aryl methyl sites for hydroxylation is 1. The minimum Gasteiger partial charge on any atom is -0.306 e. The lowest BCUT2D eigenvalue weighted by Gasteiger charge is -2.15. The van der Waals surface area contributed by atoms with Gasteiger partial charge in [-0.15, -0.1) is 0 Å². The molecular formula is C17H15N5O2. The van der Waals surface area contributed by atoms with Crippen LogP contribution in [0.25, 0.3) is 5.95 Å². The molecule has 0 spiro atoms. The summed E-state index contributed by atoms with van der Waals surface area (Å²) in [5.74, 6) is 0.134. The standard InChI is InChI=1S/C17H15N5O2/c1-11-10-15(23)19-17(18-11)22-9-7-13(20-22)16(24)21-8-6-12-4-2-3-5-14(12)21/h2-5,7,9-10H,6,8H2,1H3,(H,18,19,23). The van der Waals surface area contributed by atoms with Crippen molar-refractivity contribution in [3.63, 3.8) is 0 Å². The van der Waals surface area contributed by atoms with E-state index >= 15 is 0 Å². The molecule has 1 aromatic carbocycles. The number of fused-ring (bicyclic) bond motifs is 1. The van der Waals surface area contributed by atoms with E-state index in [2.05, 4.69) is 15.1 Å². The zero-order valence-electron chi connectivity index (χ0n) is 13.1. The molecule has 0 saturated heterocycles. The molecule has 1 aliphatic heterocycles. The monoisotopic (exact) mass is 321 g/mol. The first-order valence-electron chi connectivity index (χ1n) is 7.65. The maximum absolute atomic E-state index is 12.7. The Hall–Kier alpha value is -3.22. The second-order valence-corrected chi connectivity index (χ2v) is 5.69. The van der Waals surface area contributed by atoms with E-state index in [1.54, 1.807) is 24.1 Å². The number of nitrogens with one attached hydrogen (secondary N) is 1. The van der Waals surface area contributed by atoms with Crippen LogP contribution in [-0.2, 0) is 6.42 Å². The van der Waals surface area contributed by atoms with Crippen molar-refractivity contribution in [2.75, 3.05) is 11.4 Å². The topological polar surface area (TPSA) is 83.9 Å². The van der Waals surface area contributed by atoms with Gasteiger partial charge in [-0.25, -0.2) is 9.67 Å². The molecule has 1 aliphatic rings. The molecule has 0 unspecified atom stereocenters. The molecule has 0 aliphatic carbocycles. The Morgan fingerprint density at radius 3 is 2.92 bits per heavy atom. The summed E-state index contributed by atoms with van der Waals surface area (Å²) in [6, 6.07) is 10.9. The van der Waals surface area contributed by atoms with Crippen LogP contribution < -0.4 is 10.5 Å². The van der Waals surface area contributed by atoms with Crippen LogP contribution >= 0.6 is 0 Å². The van der Waals surface area contributed by atoms with Crippen LogP contribution in [-0.4, -0.2) is 32.2 Å². The summed E-state index contributed by atoms with van der Waals surface area (Å²) in [5, 5.41) is 4.27. The van der Waals surface area contributed by atoms with Gasteiger partial charge in [-0.05, 0) is 31.0 Å². The Morgan fingerprint density at radius 2 is 2.08 bits per heavy atom. The van der Waals surface area contributed by atoms with E-state index in [-0.39, 0.29) is 11.5 Å². The van der Waals surface area contributed by atoms with E-state index in [4.69, 9.17) is 0 Å². The smallest absolute Gasteiger partial charge is 0.278 e. The van der Waals surface area contributed by atoms with Gasteiger partial charge in [0.2, 0.25) is 5.95 Å². The molecule has 3 aromatic rings. The van der Waals surface area contributed by atoms with Crippen LogP contribution in [0.1, 0.15) is 21.7 Å². The Kier molecular flexibility index (Phi) is 3.26. The third-order valence-corrected chi connectivity index (χ3v) is 4.01. The normalized spacial score (nSPS) is 13.1. The Morgan fingerprint density at radius 1 is 1.25 bits per heavy atom. The quantitative estimate of drug-likeness (QED) is 0.774. The number of hydrogen-bond acceptors (Lipinski definition) is 4. The van der Waals surface area contributed by atoms with Gasteiger partial charge in [0.1, 0.15) is 0 Å². The zero-order chi connectivity index (χ0) is 16.7. The number of aromatic amines is 1. The number of carbonyl (C=O) groups is 1. The number of nitrogens with zero attached hydrogens (tertiary/aromatic N) is 4. The number of anilines is 1. The predicted octanol–water partition coefficient (Wildman–Crippen LogP) is 1.47. The van der Waals surface area contributed by atoms with Crippen molar-refractivity contribution >= 4 is 11.6 Å². The van der Waals surface area contributed by atoms with Crippen molar-refractivity contribution in [2.45, 2.75) is 13.3 Å². The SMILES string of the molecule is Cc1cc(=O)[nH]c(-n2ccc(C(=O)N3CCc4ccccc43)n2)n1. The third-order valence-electron chi connectivity index (χ3n) is 4.01. The fourth-order valence-corrected chi connectivity index (χ4v) is 2.92. The van der Waals surface area contributed by atoms with Crippen molar-refractivity contribution < 1.29 is 4.79 Å². The lowest BCUT2D eigenvalue weighted by atomic mass is 10.2. The minimum atomic E-state index is -0.255. The van der Waals surface area contributed by atoms with Crippen LogP contribution in [0.5, 0.6) is 0 Å². The number of hydrogen-bond donors (Lipinski definition) is 1. The van der Waals surface area contributed by atoms with Crippen LogP contribution in [0.4, 0.5) is 5.69 Å². The van der Waals surface area contributed by atoms with E-state index in [1.165, 1.54) is 10.7 Å². The van der Waals surface area contributed by atoms with Gasteiger partial charge in [0.15, 0.2) is 5.69 Å². The van der Waals surface area contributed by atoms with Crippen molar-refractivity contribution in [3.8, 4) is 5.95 Å². The first-order chi connectivity index (χ1) is 11.6. The lowest BCUT2D eigenvalue weighted by molar-refractivity contribution is 0.0984. The van der Waals surface area contributed by atoms with E-state index in [1.807, 2.05) is 24.3 Å². The van der Waals surface area contributed by atoms with Gasteiger partial charge in [0.05, 0.1) is 0 Å². The van der Waals surface area contributed by atoms with Gasteiger partial charge in [0, 0.05) is 30.2 Å². The number of rotatable bonds is 2. The highest BCUT2D eigenvalue weighted by atomic mass is 16.2. The van der Waals surface area contributed by atoms with Crippen LogP contribution in [0.2, 0.25) is 0 Å². The van der Waals surface area contributed by atoms with Crippen LogP contribution in [0, 0.1) is 6.92 Å². The van der Waals surface area contributed by atoms with Gasteiger partial charge < -0.3 is 4.90 Å². The molecule has 0 radical (unpaired) electrons. The number of amides is 1. The Labute approximate surface area is 137 Å². The molecule has 1 N–H and O–H groups in total. The fourth-order valence-electron chi connectivity index (χ4n) is 2.92. The summed E-state index contributed by atoms with van der Waals surface area (Å²) in [5.41, 5.74) is 2.74. The van der Waals surface area contributed by atoms with E-state index < -0.39 is 0 Å². The molecule has 7 heteroatoms. The molecule has 0 bridgehead atoms. The van der Waals surface area contributed by atoms with Crippen molar-refractivity contribution in [2.24, 2.45) is 0 Å². The van der Waals surface area contributed by atoms with Gasteiger partial charge in [-0.2, -0.15) is 5.10 Å². The molecule has 2 aromatic heterocycles. The van der Waals surface area contributed by atoms with E-state index in [0.29, 0.717) is 23.9 Å². The first-order valence-corrected chi connectivity index (χ1v) is 7.65. The number of aromatic nitrogens is 4. The predicted molar refractivity (Wildman–Crippen MR) is 88.5 cm³/mol. The average molecular weight is 321 g/mol. The average Bonchev–Trinajstić information content (AvgIpc) is 3.21. The lowest BCUT2D eigenvalue weighted by Crippen LogP contribution is -2.29. The van der Waals surface area contributed by atoms with Crippen LogP contribution in [0.15, 0.2) is 47.4 Å². The highest BCUT2D eigenvalue weighted by molar-refractivity contribution is 6.06. The highest BCUT2D eigenvalue weighted by Gasteiger charge is 2.26. The maximum atomic E-state index is 12.7. The summed E-state index contributed by atoms with van der Waals surface area (Å²) in [6.07, 6.45) is 2.46. The van der Waals surface area contributed by atoms with Gasteiger partial charge in [-0.3, -0.25) is 14.6 Å². The minimum absolute atomic E-state index is 0.159. The van der Waals surface area contributed by atoms with Gasteiger partial charge in [0.25, 0.3) is 11.5 Å². The van der Waals surface area contributed by atoms with E-state index in [0.717, 1.165) is 17.7 Å². The molecule has 24 heavy (non-hydrogen) atoms. The Balaban J connectivity index is 1.66. The number of H-pyrrole nitrogens is 1. The molecule has 3 heterocycles. The first kappa shape index (κ1) is 14.4. The Bertz CT molecular complexity index is 988. The molecule has 7 nitrogen and oxygen atoms in total. The van der Waals surface area contributed by atoms with E-state index in [9.17, 15) is 9.59 Å². The van der Waals surface area contributed by atoms with Gasteiger partial charge in [-0.1, -0.05) is 18.2 Å². The molecule has 120 valence electrons. The van der Waals surface area contributed by atoms with Crippen molar-refractivity contribution in [3.05, 3.63) is 69.9 Å². The number of carbonyl (C=O) groups excluding carboxylic acids is 1. The third kappa shape index (κ3) is 2.40. The van der Waals surface area contributed by atoms with Crippen LogP contribution in [0.3, 0.4) is 0 Å². The number of benzene rings is 1. The summed E-state index contributed by atoms with van der Waals surface area (Å²) in [4.78, 5) is 32.9. The second-order valence-electron chi connectivity index (χ2n) is 5.69. The summed E-state index contributed by atoms with van der Waals surface area (Å²) in [6.45, 7) is 2.38. The number of para-hydroxylation sites is 1. The fraction of sp³-hybridized carbons (Fsp3) is 0.176. The molecular weight excluding hydrogens is 306 g/mol. The largest absolute Gasteiger partial charge is 0.306 e. The molecule has 4 rings (SSSR count). The summed E-state index contributed by atoms with van der Waals surface area (Å²) in [7, 11) is 0. The summed E-state index contributed by atoms with van der Waals surface area (Å²) < 4.78 is 1.41. The second kappa shape index (κ2) is 5.45. The molecule has 0 fully saturated rings. The summed E-state index contributed by atoms with van der Waals surface area (Å²) >= 11 is 0. The van der Waals surface area contributed by atoms with Crippen molar-refractivity contribution in [1.29, 1.82) is 0 Å². The molecule has 0 atom stereocenters. The van der Waals surface area contributed by atoms with Gasteiger partial charge >= 0.3 is 0 Å². The molecule has 1 amide bonds. The highest BCUT2D eigenvalue weighted by Crippen LogP contribution is 2.28. The zero-order valence-corrected chi connectivity index (χ0v) is 13.1. The van der Waals surface area contributed by atoms with Crippen molar-refractivity contribution in [1.82, 2.24) is 19.7 Å².